The minimum atomic E-state index is -0.267. The first-order chi connectivity index (χ1) is 7.29. The number of carbonyl (C=O) groups is 1. The Hall–Kier alpha value is -2.03. The summed E-state index contributed by atoms with van der Waals surface area (Å²) in [5.74, 6) is -0.267. The molecule has 0 aliphatic carbocycles. The maximum absolute atomic E-state index is 12.7. The summed E-state index contributed by atoms with van der Waals surface area (Å²) >= 11 is 0. The van der Waals surface area contributed by atoms with Crippen LogP contribution in [-0.4, -0.2) is 11.3 Å². The van der Waals surface area contributed by atoms with Crippen LogP contribution < -0.4 is 0 Å². The molecule has 1 aromatic carbocycles. The number of aldehydes is 1. The number of nitrogens with zero attached hydrogens (tertiary/aromatic N) is 1. The number of halogens is 1. The number of hydrogen-bond acceptors (Lipinski definition) is 2. The third kappa shape index (κ3) is 2.07. The van der Waals surface area contributed by atoms with Crippen LogP contribution in [0.25, 0.3) is 11.1 Å². The van der Waals surface area contributed by atoms with Gasteiger partial charge < -0.3 is 0 Å². The normalized spacial score (nSPS) is 9.93. The molecule has 2 nitrogen and oxygen atoms in total. The monoisotopic (exact) mass is 201 g/mol. The van der Waals surface area contributed by atoms with Crippen molar-refractivity contribution in [2.24, 2.45) is 0 Å². The quantitative estimate of drug-likeness (QED) is 0.699. The molecule has 0 aliphatic rings. The zero-order valence-electron chi connectivity index (χ0n) is 7.85. The van der Waals surface area contributed by atoms with E-state index in [0.717, 1.165) is 11.1 Å². The molecule has 3 heteroatoms. The first-order valence-electron chi connectivity index (χ1n) is 4.47. The van der Waals surface area contributed by atoms with Crippen molar-refractivity contribution in [3.63, 3.8) is 0 Å². The minimum Gasteiger partial charge on any atom is -0.296 e. The Morgan fingerprint density at radius 1 is 1.00 bits per heavy atom. The average Bonchev–Trinajstić information content (AvgIpc) is 2.30. The van der Waals surface area contributed by atoms with Crippen molar-refractivity contribution in [2.45, 2.75) is 0 Å². The van der Waals surface area contributed by atoms with Crippen LogP contribution in [0.15, 0.2) is 42.6 Å². The Bertz CT molecular complexity index is 462. The van der Waals surface area contributed by atoms with Crippen molar-refractivity contribution in [1.29, 1.82) is 0 Å². The predicted octanol–water partition coefficient (Wildman–Crippen LogP) is 2.70. The van der Waals surface area contributed by atoms with Crippen LogP contribution >= 0.6 is 0 Å². The number of pyridine rings is 1. The maximum Gasteiger partial charge on any atom is 0.168 e. The van der Waals surface area contributed by atoms with Crippen LogP contribution in [0.1, 0.15) is 10.5 Å². The number of aromatic nitrogens is 1. The molecule has 0 atom stereocenters. The molecular weight excluding hydrogens is 193 g/mol. The van der Waals surface area contributed by atoms with Crippen molar-refractivity contribution in [3.05, 3.63) is 54.1 Å². The number of benzene rings is 1. The maximum atomic E-state index is 12.7. The van der Waals surface area contributed by atoms with Crippen LogP contribution in [0, 0.1) is 5.82 Å². The molecule has 2 aromatic rings. The first-order valence-corrected chi connectivity index (χ1v) is 4.47. The zero-order chi connectivity index (χ0) is 10.7. The van der Waals surface area contributed by atoms with Crippen molar-refractivity contribution in [1.82, 2.24) is 4.98 Å². The number of rotatable bonds is 2. The summed E-state index contributed by atoms with van der Waals surface area (Å²) in [6.45, 7) is 0. The molecule has 1 heterocycles. The molecule has 0 saturated heterocycles. The minimum absolute atomic E-state index is 0.267. The highest BCUT2D eigenvalue weighted by Gasteiger charge is 1.98. The van der Waals surface area contributed by atoms with E-state index in [2.05, 4.69) is 4.98 Å². The van der Waals surface area contributed by atoms with Gasteiger partial charge in [-0.3, -0.25) is 9.78 Å². The van der Waals surface area contributed by atoms with Crippen LogP contribution in [0.3, 0.4) is 0 Å². The predicted molar refractivity (Wildman–Crippen MR) is 55.0 cm³/mol. The summed E-state index contributed by atoms with van der Waals surface area (Å²) in [5.41, 5.74) is 2.13. The van der Waals surface area contributed by atoms with E-state index in [1.807, 2.05) is 0 Å². The lowest BCUT2D eigenvalue weighted by Crippen LogP contribution is -1.86. The third-order valence-corrected chi connectivity index (χ3v) is 2.08. The third-order valence-electron chi connectivity index (χ3n) is 2.08. The molecule has 0 bridgehead atoms. The fraction of sp³-hybridized carbons (Fsp3) is 0. The van der Waals surface area contributed by atoms with Gasteiger partial charge in [0.15, 0.2) is 6.29 Å². The largest absolute Gasteiger partial charge is 0.296 e. The molecule has 74 valence electrons. The second kappa shape index (κ2) is 4.00. The van der Waals surface area contributed by atoms with Crippen molar-refractivity contribution in [2.75, 3.05) is 0 Å². The van der Waals surface area contributed by atoms with Crippen LogP contribution in [-0.2, 0) is 0 Å². The van der Waals surface area contributed by atoms with Gasteiger partial charge in [-0.1, -0.05) is 18.2 Å². The Morgan fingerprint density at radius 2 is 1.67 bits per heavy atom. The summed E-state index contributed by atoms with van der Waals surface area (Å²) in [4.78, 5) is 14.3. The number of hydrogen-bond donors (Lipinski definition) is 0. The van der Waals surface area contributed by atoms with Gasteiger partial charge in [0.05, 0.1) is 0 Å². The van der Waals surface area contributed by atoms with Gasteiger partial charge in [0, 0.05) is 11.8 Å². The molecule has 2 rings (SSSR count). The zero-order valence-corrected chi connectivity index (χ0v) is 7.85. The lowest BCUT2D eigenvalue weighted by Gasteiger charge is -2.00. The highest BCUT2D eigenvalue weighted by molar-refractivity contribution is 5.73. The fourth-order valence-electron chi connectivity index (χ4n) is 1.29. The van der Waals surface area contributed by atoms with Gasteiger partial charge >= 0.3 is 0 Å². The Labute approximate surface area is 86.4 Å². The molecule has 0 amide bonds. The second-order valence-corrected chi connectivity index (χ2v) is 3.10. The molecule has 1 aromatic heterocycles. The van der Waals surface area contributed by atoms with Crippen LogP contribution in [0.5, 0.6) is 0 Å². The van der Waals surface area contributed by atoms with Gasteiger partial charge in [-0.15, -0.1) is 0 Å². The number of carbonyl (C=O) groups excluding carboxylic acids is 1. The summed E-state index contributed by atoms with van der Waals surface area (Å²) < 4.78 is 12.7. The Morgan fingerprint density at radius 3 is 2.20 bits per heavy atom. The van der Waals surface area contributed by atoms with Crippen molar-refractivity contribution < 1.29 is 9.18 Å². The molecule has 0 aliphatic heterocycles. The lowest BCUT2D eigenvalue weighted by atomic mass is 10.1. The summed E-state index contributed by atoms with van der Waals surface area (Å²) in [7, 11) is 0. The van der Waals surface area contributed by atoms with E-state index in [4.69, 9.17) is 0 Å². The van der Waals surface area contributed by atoms with Crippen LogP contribution in [0.2, 0.25) is 0 Å². The van der Waals surface area contributed by atoms with Gasteiger partial charge in [0.1, 0.15) is 11.5 Å². The van der Waals surface area contributed by atoms with Gasteiger partial charge in [-0.25, -0.2) is 4.39 Å². The van der Waals surface area contributed by atoms with E-state index in [-0.39, 0.29) is 5.82 Å². The van der Waals surface area contributed by atoms with Crippen molar-refractivity contribution in [3.8, 4) is 11.1 Å². The van der Waals surface area contributed by atoms with Gasteiger partial charge in [0.2, 0.25) is 0 Å². The lowest BCUT2D eigenvalue weighted by molar-refractivity contribution is 0.111. The topological polar surface area (TPSA) is 30.0 Å². The van der Waals surface area contributed by atoms with E-state index in [9.17, 15) is 9.18 Å². The van der Waals surface area contributed by atoms with E-state index in [1.54, 1.807) is 30.5 Å². The van der Waals surface area contributed by atoms with E-state index < -0.39 is 0 Å². The highest BCUT2D eigenvalue weighted by atomic mass is 19.1. The molecule has 0 spiro atoms. The standard InChI is InChI=1S/C12H8FNO/c13-11-4-1-9(2-5-11)10-3-6-12(8-15)14-7-10/h1-8H. The van der Waals surface area contributed by atoms with Crippen molar-refractivity contribution >= 4 is 6.29 Å². The second-order valence-electron chi connectivity index (χ2n) is 3.10. The molecule has 0 fully saturated rings. The molecular formula is C12H8FNO. The summed E-state index contributed by atoms with van der Waals surface area (Å²) in [5, 5.41) is 0. The molecule has 0 saturated carbocycles. The van der Waals surface area contributed by atoms with E-state index >= 15 is 0 Å². The molecule has 0 radical (unpaired) electrons. The van der Waals surface area contributed by atoms with E-state index in [1.165, 1.54) is 12.1 Å². The highest BCUT2D eigenvalue weighted by Crippen LogP contribution is 2.18. The fourth-order valence-corrected chi connectivity index (χ4v) is 1.29. The Balaban J connectivity index is 2.37. The average molecular weight is 201 g/mol. The van der Waals surface area contributed by atoms with Gasteiger partial charge in [0.25, 0.3) is 0 Å². The first kappa shape index (κ1) is 9.52. The van der Waals surface area contributed by atoms with Gasteiger partial charge in [-0.05, 0) is 23.8 Å². The van der Waals surface area contributed by atoms with Crippen LogP contribution in [0.4, 0.5) is 4.39 Å². The smallest absolute Gasteiger partial charge is 0.168 e. The molecule has 0 N–H and O–H groups in total. The summed E-state index contributed by atoms with van der Waals surface area (Å²) in [6, 6.07) is 9.54. The molecule has 0 unspecified atom stereocenters. The molecule has 15 heavy (non-hydrogen) atoms. The van der Waals surface area contributed by atoms with Gasteiger partial charge in [-0.2, -0.15) is 0 Å². The Kier molecular flexibility index (Phi) is 2.54. The summed E-state index contributed by atoms with van der Waals surface area (Å²) in [6.07, 6.45) is 2.28. The van der Waals surface area contributed by atoms with E-state index in [0.29, 0.717) is 12.0 Å². The SMILES string of the molecule is O=Cc1ccc(-c2ccc(F)cc2)cn1.